The van der Waals surface area contributed by atoms with Crippen molar-refractivity contribution in [2.45, 2.75) is 49.6 Å². The summed E-state index contributed by atoms with van der Waals surface area (Å²) in [6.07, 6.45) is 3.73. The molecule has 2 saturated carbocycles. The summed E-state index contributed by atoms with van der Waals surface area (Å²) in [6.45, 7) is 2.91. The van der Waals surface area contributed by atoms with Gasteiger partial charge in [-0.1, -0.05) is 25.1 Å². The third kappa shape index (κ3) is 1.30. The van der Waals surface area contributed by atoms with Crippen molar-refractivity contribution in [2.75, 3.05) is 18.6 Å². The van der Waals surface area contributed by atoms with Gasteiger partial charge in [0.05, 0.1) is 18.6 Å². The van der Waals surface area contributed by atoms with E-state index in [1.54, 1.807) is 0 Å². The lowest BCUT2D eigenvalue weighted by Gasteiger charge is -2.52. The lowest BCUT2D eigenvalue weighted by Crippen LogP contribution is -2.66. The van der Waals surface area contributed by atoms with Gasteiger partial charge in [-0.3, -0.25) is 14.4 Å². The lowest BCUT2D eigenvalue weighted by molar-refractivity contribution is -0.152. The van der Waals surface area contributed by atoms with Crippen LogP contribution in [0.3, 0.4) is 0 Å². The van der Waals surface area contributed by atoms with Crippen LogP contribution in [-0.2, 0) is 24.5 Å². The number of carbonyl (C=O) groups is 3. The first-order valence-electron chi connectivity index (χ1n) is 10.2. The quantitative estimate of drug-likeness (QED) is 0.580. The first kappa shape index (κ1) is 16.6. The summed E-state index contributed by atoms with van der Waals surface area (Å²) in [5.41, 5.74) is 0.838. The van der Waals surface area contributed by atoms with Crippen LogP contribution in [0.2, 0.25) is 0 Å². The molecule has 3 aliphatic heterocycles. The molecule has 6 heteroatoms. The fourth-order valence-electron chi connectivity index (χ4n) is 8.65. The summed E-state index contributed by atoms with van der Waals surface area (Å²) >= 11 is 0. The molecule has 28 heavy (non-hydrogen) atoms. The van der Waals surface area contributed by atoms with Crippen molar-refractivity contribution in [3.8, 4) is 0 Å². The summed E-state index contributed by atoms with van der Waals surface area (Å²) in [4.78, 5) is 42.4. The number of nitrogens with zero attached hydrogens (tertiary/aromatic N) is 2. The number of rotatable bonds is 2. The van der Waals surface area contributed by atoms with Crippen molar-refractivity contribution in [3.05, 3.63) is 29.8 Å². The Kier molecular flexibility index (Phi) is 2.83. The van der Waals surface area contributed by atoms with E-state index in [0.717, 1.165) is 30.5 Å². The molecule has 1 aromatic carbocycles. The summed E-state index contributed by atoms with van der Waals surface area (Å²) in [7, 11) is 1.44. The van der Waals surface area contributed by atoms with E-state index in [4.69, 9.17) is 4.74 Å². The fraction of sp³-hybridized carbons (Fsp3) is 0.591. The molecule has 2 aliphatic carbocycles. The van der Waals surface area contributed by atoms with Gasteiger partial charge in [0.25, 0.3) is 0 Å². The van der Waals surface area contributed by atoms with Crippen LogP contribution in [-0.4, -0.2) is 48.4 Å². The minimum absolute atomic E-state index is 0.0586. The van der Waals surface area contributed by atoms with Gasteiger partial charge in [0.15, 0.2) is 0 Å². The van der Waals surface area contributed by atoms with Crippen LogP contribution in [0.15, 0.2) is 24.3 Å². The molecule has 2 amide bonds. The number of hydrogen-bond donors (Lipinski definition) is 0. The maximum atomic E-state index is 13.1. The van der Waals surface area contributed by atoms with Crippen LogP contribution < -0.4 is 4.90 Å². The Hall–Kier alpha value is -2.37. The zero-order valence-corrected chi connectivity index (χ0v) is 16.2. The minimum atomic E-state index is -0.657. The maximum absolute atomic E-state index is 13.1. The number of amides is 2. The molecule has 2 bridgehead atoms. The van der Waals surface area contributed by atoms with Crippen LogP contribution in [0.25, 0.3) is 0 Å². The molecule has 2 saturated heterocycles. The van der Waals surface area contributed by atoms with Gasteiger partial charge in [-0.2, -0.15) is 0 Å². The third-order valence-corrected chi connectivity index (χ3v) is 9.18. The number of fused-ring (bicyclic) bond motifs is 1. The molecule has 0 N–H and O–H groups in total. The highest BCUT2D eigenvalue weighted by Crippen LogP contribution is 2.81. The highest BCUT2D eigenvalue weighted by molar-refractivity contribution is 5.93. The Morgan fingerprint density at radius 2 is 2.07 bits per heavy atom. The average Bonchev–Trinajstić information content (AvgIpc) is 3.37. The topological polar surface area (TPSA) is 66.9 Å². The zero-order valence-electron chi connectivity index (χ0n) is 16.2. The smallest absolute Gasteiger partial charge is 0.311 e. The maximum Gasteiger partial charge on any atom is 0.311 e. The summed E-state index contributed by atoms with van der Waals surface area (Å²) < 4.78 is 5.27. The number of esters is 1. The number of anilines is 1. The number of methoxy groups -OCH3 is 1. The second kappa shape index (κ2) is 4.78. The van der Waals surface area contributed by atoms with Crippen molar-refractivity contribution in [3.63, 3.8) is 0 Å². The SMILES string of the molecule is COC(=O)[C@@H]1C[C@]23CCC(=O)N4CC[C@]5(c6ccccc6N(C=O)[C@]15C2C)[C@@H]43. The van der Waals surface area contributed by atoms with Crippen LogP contribution in [0.1, 0.15) is 38.2 Å². The van der Waals surface area contributed by atoms with Crippen molar-refractivity contribution >= 4 is 24.0 Å². The van der Waals surface area contributed by atoms with Crippen molar-refractivity contribution in [1.29, 1.82) is 0 Å². The number of ether oxygens (including phenoxy) is 1. The van der Waals surface area contributed by atoms with Crippen LogP contribution in [0, 0.1) is 17.3 Å². The van der Waals surface area contributed by atoms with Gasteiger partial charge in [-0.05, 0) is 42.2 Å². The molecule has 3 heterocycles. The predicted molar refractivity (Wildman–Crippen MR) is 100 cm³/mol. The third-order valence-electron chi connectivity index (χ3n) is 9.18. The van der Waals surface area contributed by atoms with Crippen molar-refractivity contribution < 1.29 is 19.1 Å². The normalized spacial score (nSPS) is 44.4. The van der Waals surface area contributed by atoms with E-state index in [-0.39, 0.29) is 35.2 Å². The Morgan fingerprint density at radius 1 is 1.29 bits per heavy atom. The molecule has 6 nitrogen and oxygen atoms in total. The molecule has 5 aliphatic rings. The van der Waals surface area contributed by atoms with Gasteiger partial charge < -0.3 is 14.5 Å². The molecule has 1 unspecified atom stereocenters. The molecule has 6 atom stereocenters. The first-order chi connectivity index (χ1) is 13.5. The molecule has 146 valence electrons. The number of carbonyl (C=O) groups excluding carboxylic acids is 3. The molecule has 0 radical (unpaired) electrons. The van der Waals surface area contributed by atoms with Gasteiger partial charge in [-0.15, -0.1) is 0 Å². The van der Waals surface area contributed by atoms with Crippen molar-refractivity contribution in [1.82, 2.24) is 4.90 Å². The lowest BCUT2D eigenvalue weighted by atomic mass is 9.56. The standard InChI is InChI=1S/C22H24N2O4/c1-13-20-8-7-17(26)23-10-9-21(19(20)23)14-5-3-4-6-16(14)24(12-25)22(13,21)15(11-20)18(27)28-2/h3-6,12-13,15,19H,7-11H2,1-2H3/t13?,15-,19-,20+,21-,22+/m0/s1. The van der Waals surface area contributed by atoms with Crippen LogP contribution in [0.5, 0.6) is 0 Å². The van der Waals surface area contributed by atoms with Crippen molar-refractivity contribution in [2.24, 2.45) is 17.3 Å². The first-order valence-corrected chi connectivity index (χ1v) is 10.2. The fourth-order valence-corrected chi connectivity index (χ4v) is 8.65. The summed E-state index contributed by atoms with van der Waals surface area (Å²) in [6, 6.07) is 8.11. The summed E-state index contributed by atoms with van der Waals surface area (Å²) in [5, 5.41) is 0. The number of piperidine rings is 1. The largest absolute Gasteiger partial charge is 0.469 e. The molecule has 3 spiro atoms. The minimum Gasteiger partial charge on any atom is -0.469 e. The second-order valence-electron chi connectivity index (χ2n) is 9.26. The highest BCUT2D eigenvalue weighted by Gasteiger charge is 2.88. The van der Waals surface area contributed by atoms with Gasteiger partial charge >= 0.3 is 5.97 Å². The Bertz CT molecular complexity index is 946. The number of hydrogen-bond acceptors (Lipinski definition) is 4. The van der Waals surface area contributed by atoms with Gasteiger partial charge in [0.1, 0.15) is 0 Å². The highest BCUT2D eigenvalue weighted by atomic mass is 16.5. The molecular weight excluding hydrogens is 356 g/mol. The predicted octanol–water partition coefficient (Wildman–Crippen LogP) is 1.86. The van der Waals surface area contributed by atoms with Crippen LogP contribution in [0.4, 0.5) is 5.69 Å². The Balaban J connectivity index is 1.73. The van der Waals surface area contributed by atoms with E-state index in [1.165, 1.54) is 7.11 Å². The van der Waals surface area contributed by atoms with E-state index in [2.05, 4.69) is 17.9 Å². The van der Waals surface area contributed by atoms with Gasteiger partial charge in [-0.25, -0.2) is 0 Å². The van der Waals surface area contributed by atoms with E-state index < -0.39 is 11.0 Å². The number of benzene rings is 1. The van der Waals surface area contributed by atoms with Gasteiger partial charge in [0.2, 0.25) is 12.3 Å². The monoisotopic (exact) mass is 380 g/mol. The van der Waals surface area contributed by atoms with E-state index in [9.17, 15) is 14.4 Å². The summed E-state index contributed by atoms with van der Waals surface area (Å²) in [5.74, 6) is -0.257. The molecule has 0 aromatic heterocycles. The Labute approximate surface area is 163 Å². The number of para-hydroxylation sites is 1. The van der Waals surface area contributed by atoms with E-state index >= 15 is 0 Å². The van der Waals surface area contributed by atoms with E-state index in [1.807, 2.05) is 23.1 Å². The van der Waals surface area contributed by atoms with Crippen LogP contribution >= 0.6 is 0 Å². The molecule has 1 aromatic rings. The molecule has 4 fully saturated rings. The molecular formula is C22H24N2O4. The molecule has 6 rings (SSSR count). The zero-order chi connectivity index (χ0) is 19.5. The van der Waals surface area contributed by atoms with E-state index in [0.29, 0.717) is 19.4 Å². The van der Waals surface area contributed by atoms with Gasteiger partial charge in [0, 0.05) is 30.1 Å². The average molecular weight is 380 g/mol. The Morgan fingerprint density at radius 3 is 2.82 bits per heavy atom. The second-order valence-corrected chi connectivity index (χ2v) is 9.26.